The molecule has 1 aliphatic carbocycles. The molecular formula is C10H5FO2. The average molecular weight is 176 g/mol. The highest BCUT2D eigenvalue weighted by Crippen LogP contribution is 2.19. The third kappa shape index (κ3) is 1.09. The van der Waals surface area contributed by atoms with E-state index in [0.29, 0.717) is 5.56 Å². The van der Waals surface area contributed by atoms with E-state index in [2.05, 4.69) is 0 Å². The van der Waals surface area contributed by atoms with Crippen LogP contribution in [0.4, 0.5) is 4.39 Å². The Balaban J connectivity index is 2.74. The SMILES string of the molecule is O=C1C=Cc2cccc(F)c2C1=O. The number of carbonyl (C=O) groups is 2. The zero-order chi connectivity index (χ0) is 9.42. The second-order valence-corrected chi connectivity index (χ2v) is 2.73. The summed E-state index contributed by atoms with van der Waals surface area (Å²) in [6, 6.07) is 4.27. The highest BCUT2D eigenvalue weighted by Gasteiger charge is 2.23. The van der Waals surface area contributed by atoms with E-state index in [1.165, 1.54) is 18.2 Å². The van der Waals surface area contributed by atoms with Gasteiger partial charge < -0.3 is 0 Å². The first kappa shape index (κ1) is 7.86. The predicted octanol–water partition coefficient (Wildman–Crippen LogP) is 1.60. The average Bonchev–Trinajstić information content (AvgIpc) is 2.12. The van der Waals surface area contributed by atoms with Crippen molar-refractivity contribution >= 4 is 17.6 Å². The monoisotopic (exact) mass is 176 g/mol. The summed E-state index contributed by atoms with van der Waals surface area (Å²) in [5, 5.41) is 0. The van der Waals surface area contributed by atoms with Gasteiger partial charge in [0.15, 0.2) is 0 Å². The fourth-order valence-electron chi connectivity index (χ4n) is 1.28. The van der Waals surface area contributed by atoms with Gasteiger partial charge in [0, 0.05) is 0 Å². The third-order valence-electron chi connectivity index (χ3n) is 1.91. The van der Waals surface area contributed by atoms with Crippen LogP contribution >= 0.6 is 0 Å². The molecule has 13 heavy (non-hydrogen) atoms. The van der Waals surface area contributed by atoms with E-state index in [9.17, 15) is 14.0 Å². The van der Waals surface area contributed by atoms with Gasteiger partial charge in [-0.2, -0.15) is 0 Å². The molecule has 1 aliphatic rings. The van der Waals surface area contributed by atoms with Crippen LogP contribution in [0.3, 0.4) is 0 Å². The normalized spacial score (nSPS) is 14.5. The summed E-state index contributed by atoms with van der Waals surface area (Å²) in [5.74, 6) is -2.08. The zero-order valence-electron chi connectivity index (χ0n) is 6.58. The Morgan fingerprint density at radius 2 is 1.85 bits per heavy atom. The molecule has 3 heteroatoms. The van der Waals surface area contributed by atoms with Gasteiger partial charge in [0.1, 0.15) is 5.82 Å². The van der Waals surface area contributed by atoms with Crippen LogP contribution < -0.4 is 0 Å². The van der Waals surface area contributed by atoms with Crippen molar-refractivity contribution in [1.82, 2.24) is 0 Å². The molecule has 0 heterocycles. The molecule has 2 rings (SSSR count). The van der Waals surface area contributed by atoms with E-state index < -0.39 is 17.4 Å². The van der Waals surface area contributed by atoms with Crippen molar-refractivity contribution in [2.75, 3.05) is 0 Å². The molecule has 0 saturated carbocycles. The Labute approximate surface area is 73.7 Å². The van der Waals surface area contributed by atoms with E-state index >= 15 is 0 Å². The number of halogens is 1. The maximum Gasteiger partial charge on any atom is 0.236 e. The molecule has 2 nitrogen and oxygen atoms in total. The summed E-state index contributed by atoms with van der Waals surface area (Å²) in [5.41, 5.74) is 0.347. The molecule has 0 fully saturated rings. The Hall–Kier alpha value is -1.77. The standard InChI is InChI=1S/C10H5FO2/c11-7-3-1-2-6-4-5-8(12)10(13)9(6)7/h1-5H. The lowest BCUT2D eigenvalue weighted by molar-refractivity contribution is -0.111. The molecule has 64 valence electrons. The molecule has 0 bridgehead atoms. The summed E-state index contributed by atoms with van der Waals surface area (Å²) in [6.45, 7) is 0. The second kappa shape index (κ2) is 2.62. The van der Waals surface area contributed by atoms with Crippen LogP contribution in [0.15, 0.2) is 24.3 Å². The van der Waals surface area contributed by atoms with Crippen molar-refractivity contribution in [3.63, 3.8) is 0 Å². The smallest absolute Gasteiger partial charge is 0.236 e. The van der Waals surface area contributed by atoms with E-state index in [0.717, 1.165) is 6.08 Å². The predicted molar refractivity (Wildman–Crippen MR) is 44.8 cm³/mol. The van der Waals surface area contributed by atoms with Crippen LogP contribution in [0.1, 0.15) is 15.9 Å². The first-order valence-corrected chi connectivity index (χ1v) is 3.75. The topological polar surface area (TPSA) is 34.1 Å². The van der Waals surface area contributed by atoms with Crippen molar-refractivity contribution in [2.45, 2.75) is 0 Å². The quantitative estimate of drug-likeness (QED) is 0.562. The lowest BCUT2D eigenvalue weighted by Crippen LogP contribution is -2.17. The van der Waals surface area contributed by atoms with Crippen molar-refractivity contribution in [2.24, 2.45) is 0 Å². The fraction of sp³-hybridized carbons (Fsp3) is 0. The van der Waals surface area contributed by atoms with Crippen molar-refractivity contribution in [1.29, 1.82) is 0 Å². The number of rotatable bonds is 0. The van der Waals surface area contributed by atoms with Crippen molar-refractivity contribution < 1.29 is 14.0 Å². The van der Waals surface area contributed by atoms with Gasteiger partial charge in [-0.05, 0) is 17.7 Å². The zero-order valence-corrected chi connectivity index (χ0v) is 6.58. The summed E-state index contributed by atoms with van der Waals surface area (Å²) in [4.78, 5) is 22.1. The molecular weight excluding hydrogens is 171 g/mol. The van der Waals surface area contributed by atoms with Gasteiger partial charge in [0.05, 0.1) is 5.56 Å². The molecule has 0 atom stereocenters. The molecule has 0 amide bonds. The molecule has 0 N–H and O–H groups in total. The summed E-state index contributed by atoms with van der Waals surface area (Å²) >= 11 is 0. The van der Waals surface area contributed by atoms with Crippen LogP contribution in [0.25, 0.3) is 6.08 Å². The number of allylic oxidation sites excluding steroid dienone is 1. The van der Waals surface area contributed by atoms with Crippen LogP contribution in [0.2, 0.25) is 0 Å². The minimum absolute atomic E-state index is 0.116. The third-order valence-corrected chi connectivity index (χ3v) is 1.91. The van der Waals surface area contributed by atoms with Gasteiger partial charge in [0.25, 0.3) is 0 Å². The van der Waals surface area contributed by atoms with E-state index in [1.807, 2.05) is 0 Å². The van der Waals surface area contributed by atoms with Gasteiger partial charge in [-0.15, -0.1) is 0 Å². The first-order chi connectivity index (χ1) is 6.20. The molecule has 0 spiro atoms. The lowest BCUT2D eigenvalue weighted by atomic mass is 9.95. The minimum Gasteiger partial charge on any atom is -0.286 e. The second-order valence-electron chi connectivity index (χ2n) is 2.73. The van der Waals surface area contributed by atoms with Gasteiger partial charge in [0.2, 0.25) is 11.6 Å². The van der Waals surface area contributed by atoms with Gasteiger partial charge in [-0.3, -0.25) is 9.59 Å². The Morgan fingerprint density at radius 3 is 2.62 bits per heavy atom. The van der Waals surface area contributed by atoms with Crippen molar-refractivity contribution in [3.8, 4) is 0 Å². The summed E-state index contributed by atoms with van der Waals surface area (Å²) < 4.78 is 13.1. The Bertz CT molecular complexity index is 433. The van der Waals surface area contributed by atoms with Crippen LogP contribution in [0, 0.1) is 5.82 Å². The summed E-state index contributed by atoms with van der Waals surface area (Å²) in [6.07, 6.45) is 2.60. The van der Waals surface area contributed by atoms with Crippen LogP contribution in [-0.4, -0.2) is 11.6 Å². The number of carbonyl (C=O) groups excluding carboxylic acids is 2. The molecule has 0 unspecified atom stereocenters. The molecule has 0 saturated heterocycles. The lowest BCUT2D eigenvalue weighted by Gasteiger charge is -2.07. The van der Waals surface area contributed by atoms with Crippen molar-refractivity contribution in [3.05, 3.63) is 41.2 Å². The largest absolute Gasteiger partial charge is 0.286 e. The van der Waals surface area contributed by atoms with E-state index in [4.69, 9.17) is 0 Å². The maximum absolute atomic E-state index is 13.1. The number of hydrogen-bond donors (Lipinski definition) is 0. The Kier molecular flexibility index (Phi) is 1.59. The van der Waals surface area contributed by atoms with Crippen LogP contribution in [-0.2, 0) is 4.79 Å². The number of ketones is 2. The highest BCUT2D eigenvalue weighted by atomic mass is 19.1. The van der Waals surface area contributed by atoms with E-state index in [1.54, 1.807) is 6.07 Å². The van der Waals surface area contributed by atoms with Crippen LogP contribution in [0.5, 0.6) is 0 Å². The molecule has 0 aliphatic heterocycles. The molecule has 0 radical (unpaired) electrons. The first-order valence-electron chi connectivity index (χ1n) is 3.75. The van der Waals surface area contributed by atoms with Gasteiger partial charge >= 0.3 is 0 Å². The van der Waals surface area contributed by atoms with Gasteiger partial charge in [-0.1, -0.05) is 18.2 Å². The summed E-state index contributed by atoms with van der Waals surface area (Å²) in [7, 11) is 0. The minimum atomic E-state index is -0.768. The van der Waals surface area contributed by atoms with E-state index in [-0.39, 0.29) is 5.56 Å². The molecule has 0 aromatic heterocycles. The fourth-order valence-corrected chi connectivity index (χ4v) is 1.28. The Morgan fingerprint density at radius 1 is 1.08 bits per heavy atom. The highest BCUT2D eigenvalue weighted by molar-refractivity contribution is 6.50. The number of Topliss-reactive ketones (excluding diaryl/α,β-unsaturated/α-hetero) is 1. The van der Waals surface area contributed by atoms with Gasteiger partial charge in [-0.25, -0.2) is 4.39 Å². The molecule has 1 aromatic carbocycles. The number of benzene rings is 1. The number of fused-ring (bicyclic) bond motifs is 1. The molecule has 1 aromatic rings. The maximum atomic E-state index is 13.1. The number of hydrogen-bond acceptors (Lipinski definition) is 2.